The molecule has 1 unspecified atom stereocenters. The molecule has 0 aliphatic heterocycles. The molecule has 136 valence electrons. The summed E-state index contributed by atoms with van der Waals surface area (Å²) < 4.78 is 15.9. The fraction of sp³-hybridized carbons (Fsp3) is 0.294. The zero-order chi connectivity index (χ0) is 18.5. The SMILES string of the molecule is Cc1nnnn1C(Cc1ccc(F)cc1)C(=O)NCCc1ccc(I)s1. The molecule has 0 aliphatic carbocycles. The summed E-state index contributed by atoms with van der Waals surface area (Å²) >= 11 is 3.99. The van der Waals surface area contributed by atoms with Crippen molar-refractivity contribution in [2.45, 2.75) is 25.8 Å². The molecule has 6 nitrogen and oxygen atoms in total. The van der Waals surface area contributed by atoms with Gasteiger partial charge in [-0.2, -0.15) is 0 Å². The second-order valence-corrected chi connectivity index (χ2v) is 8.83. The van der Waals surface area contributed by atoms with Crippen LogP contribution < -0.4 is 5.32 Å². The second kappa shape index (κ2) is 8.67. The van der Waals surface area contributed by atoms with Crippen LogP contribution in [0.15, 0.2) is 36.4 Å². The Morgan fingerprint density at radius 3 is 2.69 bits per heavy atom. The first-order chi connectivity index (χ1) is 12.5. The smallest absolute Gasteiger partial charge is 0.245 e. The zero-order valence-corrected chi connectivity index (χ0v) is 17.0. The Kier molecular flexibility index (Phi) is 6.30. The number of thiophene rings is 1. The molecule has 0 radical (unpaired) electrons. The Morgan fingerprint density at radius 2 is 2.08 bits per heavy atom. The van der Waals surface area contributed by atoms with Crippen LogP contribution in [0.4, 0.5) is 4.39 Å². The van der Waals surface area contributed by atoms with E-state index in [-0.39, 0.29) is 11.7 Å². The van der Waals surface area contributed by atoms with Crippen LogP contribution in [0.5, 0.6) is 0 Å². The minimum atomic E-state index is -0.584. The number of carbonyl (C=O) groups is 1. The molecule has 9 heteroatoms. The lowest BCUT2D eigenvalue weighted by Crippen LogP contribution is -2.36. The minimum Gasteiger partial charge on any atom is -0.354 e. The number of carbonyl (C=O) groups excluding carboxylic acids is 1. The highest BCUT2D eigenvalue weighted by Crippen LogP contribution is 2.19. The molecule has 0 saturated carbocycles. The zero-order valence-electron chi connectivity index (χ0n) is 14.0. The second-order valence-electron chi connectivity index (χ2n) is 5.76. The molecule has 2 heterocycles. The minimum absolute atomic E-state index is 0.157. The lowest BCUT2D eigenvalue weighted by atomic mass is 10.1. The molecule has 3 aromatic rings. The van der Waals surface area contributed by atoms with E-state index in [1.807, 2.05) is 0 Å². The van der Waals surface area contributed by atoms with Crippen molar-refractivity contribution in [2.75, 3.05) is 6.54 Å². The van der Waals surface area contributed by atoms with Gasteiger partial charge in [-0.25, -0.2) is 9.07 Å². The van der Waals surface area contributed by atoms with Gasteiger partial charge < -0.3 is 5.32 Å². The van der Waals surface area contributed by atoms with E-state index in [1.165, 1.54) is 24.6 Å². The fourth-order valence-electron chi connectivity index (χ4n) is 2.57. The van der Waals surface area contributed by atoms with Gasteiger partial charge in [-0.1, -0.05) is 12.1 Å². The van der Waals surface area contributed by atoms with E-state index in [0.29, 0.717) is 18.8 Å². The molecule has 1 aromatic carbocycles. The van der Waals surface area contributed by atoms with Crippen LogP contribution in [0.25, 0.3) is 0 Å². The first-order valence-electron chi connectivity index (χ1n) is 8.04. The Balaban J connectivity index is 1.69. The van der Waals surface area contributed by atoms with Gasteiger partial charge in [-0.05, 0) is 76.2 Å². The number of amides is 1. The lowest BCUT2D eigenvalue weighted by molar-refractivity contribution is -0.124. The van der Waals surface area contributed by atoms with Crippen molar-refractivity contribution in [3.63, 3.8) is 0 Å². The number of nitrogens with one attached hydrogen (secondary N) is 1. The number of rotatable bonds is 7. The van der Waals surface area contributed by atoms with Gasteiger partial charge in [0.1, 0.15) is 17.7 Å². The maximum atomic E-state index is 13.1. The average Bonchev–Trinajstić information content (AvgIpc) is 3.22. The van der Waals surface area contributed by atoms with Crippen molar-refractivity contribution in [1.82, 2.24) is 25.5 Å². The number of hydrogen-bond acceptors (Lipinski definition) is 5. The molecule has 26 heavy (non-hydrogen) atoms. The standard InChI is InChI=1S/C17H17FIN5OS/c1-11-21-22-23-24(11)15(10-12-2-4-13(18)5-3-12)17(25)20-9-8-14-6-7-16(19)26-14/h2-7,15H,8-10H2,1H3,(H,20,25). The van der Waals surface area contributed by atoms with Crippen LogP contribution in [0.3, 0.4) is 0 Å². The summed E-state index contributed by atoms with van der Waals surface area (Å²) in [4.78, 5) is 14.0. The number of halogens is 2. The van der Waals surface area contributed by atoms with Crippen molar-refractivity contribution in [3.8, 4) is 0 Å². The van der Waals surface area contributed by atoms with E-state index in [0.717, 1.165) is 12.0 Å². The van der Waals surface area contributed by atoms with E-state index in [9.17, 15) is 9.18 Å². The summed E-state index contributed by atoms with van der Waals surface area (Å²) in [5, 5.41) is 14.4. The van der Waals surface area contributed by atoms with Crippen LogP contribution in [-0.2, 0) is 17.6 Å². The van der Waals surface area contributed by atoms with Gasteiger partial charge >= 0.3 is 0 Å². The van der Waals surface area contributed by atoms with Crippen molar-refractivity contribution < 1.29 is 9.18 Å². The van der Waals surface area contributed by atoms with Crippen molar-refractivity contribution in [3.05, 3.63) is 61.4 Å². The Hall–Kier alpha value is -1.88. The molecule has 1 N–H and O–H groups in total. The molecule has 1 amide bonds. The molecule has 0 spiro atoms. The highest BCUT2D eigenvalue weighted by atomic mass is 127. The third-order valence-corrected chi connectivity index (χ3v) is 5.85. The van der Waals surface area contributed by atoms with Gasteiger partial charge in [0.2, 0.25) is 5.91 Å². The molecular weight excluding hydrogens is 468 g/mol. The summed E-state index contributed by atoms with van der Waals surface area (Å²) in [6, 6.07) is 9.65. The molecule has 1 atom stereocenters. The molecule has 0 saturated heterocycles. The predicted molar refractivity (Wildman–Crippen MR) is 105 cm³/mol. The molecule has 2 aromatic heterocycles. The van der Waals surface area contributed by atoms with Gasteiger partial charge in [-0.3, -0.25) is 4.79 Å². The largest absolute Gasteiger partial charge is 0.354 e. The topological polar surface area (TPSA) is 72.7 Å². The third kappa shape index (κ3) is 4.85. The number of hydrogen-bond donors (Lipinski definition) is 1. The van der Waals surface area contributed by atoms with Gasteiger partial charge in [-0.15, -0.1) is 16.4 Å². The average molecular weight is 485 g/mol. The third-order valence-electron chi connectivity index (χ3n) is 3.90. The summed E-state index contributed by atoms with van der Waals surface area (Å²) in [6.07, 6.45) is 1.16. The first kappa shape index (κ1) is 18.9. The summed E-state index contributed by atoms with van der Waals surface area (Å²) in [6.45, 7) is 2.29. The van der Waals surface area contributed by atoms with E-state index in [1.54, 1.807) is 30.4 Å². The van der Waals surface area contributed by atoms with E-state index in [2.05, 4.69) is 55.6 Å². The monoisotopic (exact) mass is 485 g/mol. The quantitative estimate of drug-likeness (QED) is 0.523. The summed E-state index contributed by atoms with van der Waals surface area (Å²) in [5.41, 5.74) is 0.842. The van der Waals surface area contributed by atoms with Crippen LogP contribution in [0.2, 0.25) is 0 Å². The number of tetrazole rings is 1. The fourth-order valence-corrected chi connectivity index (χ4v) is 4.33. The Morgan fingerprint density at radius 1 is 1.31 bits per heavy atom. The lowest BCUT2D eigenvalue weighted by Gasteiger charge is -2.17. The maximum absolute atomic E-state index is 13.1. The highest BCUT2D eigenvalue weighted by molar-refractivity contribution is 14.1. The number of aryl methyl sites for hydroxylation is 1. The number of nitrogens with zero attached hydrogens (tertiary/aromatic N) is 4. The van der Waals surface area contributed by atoms with Crippen molar-refractivity contribution in [1.29, 1.82) is 0 Å². The Labute approximate surface area is 167 Å². The molecule has 0 fully saturated rings. The van der Waals surface area contributed by atoms with Crippen LogP contribution in [-0.4, -0.2) is 32.7 Å². The molecular formula is C17H17FIN5OS. The van der Waals surface area contributed by atoms with Gasteiger partial charge in [0, 0.05) is 17.8 Å². The molecule has 0 bridgehead atoms. The summed E-state index contributed by atoms with van der Waals surface area (Å²) in [7, 11) is 0. The van der Waals surface area contributed by atoms with E-state index < -0.39 is 6.04 Å². The highest BCUT2D eigenvalue weighted by Gasteiger charge is 2.24. The maximum Gasteiger partial charge on any atom is 0.245 e. The predicted octanol–water partition coefficient (Wildman–Crippen LogP) is 2.93. The summed E-state index contributed by atoms with van der Waals surface area (Å²) in [5.74, 6) is 0.0926. The normalized spacial score (nSPS) is 12.1. The van der Waals surface area contributed by atoms with Gasteiger partial charge in [0.25, 0.3) is 0 Å². The van der Waals surface area contributed by atoms with E-state index >= 15 is 0 Å². The van der Waals surface area contributed by atoms with Gasteiger partial charge in [0.15, 0.2) is 0 Å². The molecule has 0 aliphatic rings. The Bertz CT molecular complexity index is 879. The first-order valence-corrected chi connectivity index (χ1v) is 9.93. The van der Waals surface area contributed by atoms with E-state index in [4.69, 9.17) is 0 Å². The van der Waals surface area contributed by atoms with Crippen LogP contribution in [0, 0.1) is 15.6 Å². The van der Waals surface area contributed by atoms with Gasteiger partial charge in [0.05, 0.1) is 2.88 Å². The van der Waals surface area contributed by atoms with Crippen LogP contribution >= 0.6 is 33.9 Å². The van der Waals surface area contributed by atoms with Crippen LogP contribution in [0.1, 0.15) is 22.3 Å². The van der Waals surface area contributed by atoms with Crippen molar-refractivity contribution in [2.24, 2.45) is 0 Å². The molecule has 3 rings (SSSR count). The number of benzene rings is 1. The van der Waals surface area contributed by atoms with Crippen molar-refractivity contribution >= 4 is 39.8 Å². The number of aromatic nitrogens is 4.